The van der Waals surface area contributed by atoms with Crippen LogP contribution in [0.3, 0.4) is 0 Å². The van der Waals surface area contributed by atoms with Crippen LogP contribution in [0.1, 0.15) is 11.1 Å². The van der Waals surface area contributed by atoms with Crippen molar-refractivity contribution < 1.29 is 19.4 Å². The number of nitrogens with one attached hydrogen (secondary N) is 1. The average Bonchev–Trinajstić information content (AvgIpc) is 3.03. The Morgan fingerprint density at radius 2 is 1.81 bits per heavy atom. The molecule has 2 bridgehead atoms. The van der Waals surface area contributed by atoms with Crippen molar-refractivity contribution in [2.75, 3.05) is 5.32 Å². The van der Waals surface area contributed by atoms with Crippen LogP contribution in [0.15, 0.2) is 30.4 Å². The molecule has 110 valence electrons. The summed E-state index contributed by atoms with van der Waals surface area (Å²) < 4.78 is 5.48. The smallest absolute Gasteiger partial charge is 0.231 e. The Morgan fingerprint density at radius 3 is 2.48 bits per heavy atom. The summed E-state index contributed by atoms with van der Waals surface area (Å²) in [5.74, 6) is -3.25. The number of hydrogen-bond acceptors (Lipinski definition) is 4. The van der Waals surface area contributed by atoms with Gasteiger partial charge in [-0.1, -0.05) is 24.3 Å². The molecule has 2 aliphatic heterocycles. The molecular formula is C16H16NO4-. The lowest BCUT2D eigenvalue weighted by molar-refractivity contribution is -0.313. The van der Waals surface area contributed by atoms with Gasteiger partial charge < -0.3 is 20.0 Å². The summed E-state index contributed by atoms with van der Waals surface area (Å²) in [6.45, 7) is 3.82. The molecule has 0 saturated carbocycles. The summed E-state index contributed by atoms with van der Waals surface area (Å²) in [5, 5.41) is 14.1. The molecule has 5 heteroatoms. The highest BCUT2D eigenvalue weighted by Crippen LogP contribution is 2.39. The molecule has 2 heterocycles. The monoisotopic (exact) mass is 286 g/mol. The topological polar surface area (TPSA) is 78.5 Å². The lowest BCUT2D eigenvalue weighted by Crippen LogP contribution is -2.45. The Hall–Kier alpha value is -2.14. The molecule has 21 heavy (non-hydrogen) atoms. The fourth-order valence-corrected chi connectivity index (χ4v) is 2.99. The van der Waals surface area contributed by atoms with Crippen molar-refractivity contribution in [2.45, 2.75) is 26.1 Å². The SMILES string of the molecule is Cc1ccc(C)c(NC(=O)[C@@H]2[C@@H](C(=O)[O-])[C@H]3C=C[C@@H]2O3)c1. The lowest BCUT2D eigenvalue weighted by Gasteiger charge is -2.25. The van der Waals surface area contributed by atoms with Gasteiger partial charge in [-0.3, -0.25) is 4.79 Å². The van der Waals surface area contributed by atoms with Crippen LogP contribution in [0.2, 0.25) is 0 Å². The highest BCUT2D eigenvalue weighted by molar-refractivity contribution is 5.97. The van der Waals surface area contributed by atoms with Crippen LogP contribution in [0.25, 0.3) is 0 Å². The fraction of sp³-hybridized carbons (Fsp3) is 0.375. The molecule has 2 aliphatic rings. The second-order valence-corrected chi connectivity index (χ2v) is 5.63. The van der Waals surface area contributed by atoms with Gasteiger partial charge in [-0.05, 0) is 31.0 Å². The third-order valence-electron chi connectivity index (χ3n) is 4.13. The van der Waals surface area contributed by atoms with Gasteiger partial charge in [0.05, 0.1) is 18.1 Å². The van der Waals surface area contributed by atoms with Gasteiger partial charge in [-0.25, -0.2) is 0 Å². The van der Waals surface area contributed by atoms with E-state index in [1.807, 2.05) is 32.0 Å². The van der Waals surface area contributed by atoms with Crippen LogP contribution in [0.5, 0.6) is 0 Å². The zero-order valence-electron chi connectivity index (χ0n) is 11.8. The first-order valence-corrected chi connectivity index (χ1v) is 6.90. The Balaban J connectivity index is 1.83. The van der Waals surface area contributed by atoms with Crippen molar-refractivity contribution in [3.05, 3.63) is 41.5 Å². The highest BCUT2D eigenvalue weighted by Gasteiger charge is 2.50. The fourth-order valence-electron chi connectivity index (χ4n) is 2.99. The molecule has 1 fully saturated rings. The largest absolute Gasteiger partial charge is 0.550 e. The number of aliphatic carboxylic acids is 1. The highest BCUT2D eigenvalue weighted by atomic mass is 16.5. The normalized spacial score (nSPS) is 29.6. The zero-order chi connectivity index (χ0) is 15.1. The van der Waals surface area contributed by atoms with Crippen LogP contribution >= 0.6 is 0 Å². The van der Waals surface area contributed by atoms with Gasteiger partial charge >= 0.3 is 0 Å². The number of amides is 1. The number of rotatable bonds is 3. The molecule has 1 N–H and O–H groups in total. The van der Waals surface area contributed by atoms with Crippen molar-refractivity contribution in [1.82, 2.24) is 0 Å². The van der Waals surface area contributed by atoms with Crippen LogP contribution in [0, 0.1) is 25.7 Å². The van der Waals surface area contributed by atoms with Crippen LogP contribution in [-0.2, 0) is 14.3 Å². The van der Waals surface area contributed by atoms with Gasteiger partial charge in [-0.2, -0.15) is 0 Å². The molecule has 0 aliphatic carbocycles. The van der Waals surface area contributed by atoms with Gasteiger partial charge in [-0.15, -0.1) is 0 Å². The van der Waals surface area contributed by atoms with E-state index in [1.54, 1.807) is 12.2 Å². The molecule has 5 nitrogen and oxygen atoms in total. The van der Waals surface area contributed by atoms with Gasteiger partial charge in [0.1, 0.15) is 0 Å². The second kappa shape index (κ2) is 5.00. The first-order valence-electron chi connectivity index (χ1n) is 6.90. The quantitative estimate of drug-likeness (QED) is 0.824. The summed E-state index contributed by atoms with van der Waals surface area (Å²) in [6, 6.07) is 5.74. The van der Waals surface area contributed by atoms with Crippen molar-refractivity contribution in [2.24, 2.45) is 11.8 Å². The zero-order valence-corrected chi connectivity index (χ0v) is 11.8. The Bertz CT molecular complexity index is 637. The predicted octanol–water partition coefficient (Wildman–Crippen LogP) is 0.561. The van der Waals surface area contributed by atoms with E-state index in [-0.39, 0.29) is 5.91 Å². The Labute approximate surface area is 122 Å². The van der Waals surface area contributed by atoms with E-state index in [1.165, 1.54) is 0 Å². The van der Waals surface area contributed by atoms with E-state index >= 15 is 0 Å². The van der Waals surface area contributed by atoms with E-state index in [9.17, 15) is 14.7 Å². The summed E-state index contributed by atoms with van der Waals surface area (Å²) >= 11 is 0. The van der Waals surface area contributed by atoms with Gasteiger partial charge in [0.25, 0.3) is 0 Å². The van der Waals surface area contributed by atoms with E-state index < -0.39 is 30.0 Å². The summed E-state index contributed by atoms with van der Waals surface area (Å²) in [7, 11) is 0. The van der Waals surface area contributed by atoms with Crippen molar-refractivity contribution in [3.63, 3.8) is 0 Å². The molecule has 1 aromatic carbocycles. The minimum atomic E-state index is -1.24. The molecule has 0 unspecified atom stereocenters. The molecule has 1 aromatic rings. The third-order valence-corrected chi connectivity index (χ3v) is 4.13. The average molecular weight is 286 g/mol. The van der Waals surface area contributed by atoms with E-state index in [2.05, 4.69) is 5.32 Å². The Morgan fingerprint density at radius 1 is 1.14 bits per heavy atom. The van der Waals surface area contributed by atoms with Crippen LogP contribution in [0.4, 0.5) is 5.69 Å². The van der Waals surface area contributed by atoms with Gasteiger partial charge in [0.2, 0.25) is 5.91 Å². The van der Waals surface area contributed by atoms with Crippen molar-refractivity contribution in [1.29, 1.82) is 0 Å². The summed E-state index contributed by atoms with van der Waals surface area (Å²) in [5.41, 5.74) is 2.65. The second-order valence-electron chi connectivity index (χ2n) is 5.63. The standard InChI is InChI=1S/C16H17NO4/c1-8-3-4-9(2)10(7-8)17-15(18)13-11-5-6-12(21-11)14(13)16(19)20/h3-7,11-14H,1-2H3,(H,17,18)(H,19,20)/p-1/t11-,12+,13-,14-/m0/s1. The molecule has 0 radical (unpaired) electrons. The molecular weight excluding hydrogens is 270 g/mol. The molecule has 4 atom stereocenters. The third kappa shape index (κ3) is 2.34. The molecule has 1 saturated heterocycles. The van der Waals surface area contributed by atoms with Crippen molar-refractivity contribution in [3.8, 4) is 0 Å². The first-order chi connectivity index (χ1) is 9.97. The minimum Gasteiger partial charge on any atom is -0.550 e. The number of hydrogen-bond donors (Lipinski definition) is 1. The number of anilines is 1. The summed E-state index contributed by atoms with van der Waals surface area (Å²) in [4.78, 5) is 23.7. The maximum absolute atomic E-state index is 12.5. The van der Waals surface area contributed by atoms with Gasteiger partial charge in [0.15, 0.2) is 0 Å². The maximum Gasteiger partial charge on any atom is 0.231 e. The van der Waals surface area contributed by atoms with E-state index in [0.29, 0.717) is 5.69 Å². The number of ether oxygens (including phenoxy) is 1. The number of fused-ring (bicyclic) bond motifs is 2. The molecule has 3 rings (SSSR count). The van der Waals surface area contributed by atoms with E-state index in [0.717, 1.165) is 11.1 Å². The number of aryl methyl sites for hydroxylation is 2. The summed E-state index contributed by atoms with van der Waals surface area (Å²) in [6.07, 6.45) is 2.39. The molecule has 0 aromatic heterocycles. The maximum atomic E-state index is 12.5. The number of benzene rings is 1. The molecule has 1 amide bonds. The lowest BCUT2D eigenvalue weighted by atomic mass is 9.82. The number of carboxylic acid groups (broad SMARTS) is 1. The molecule has 0 spiro atoms. The number of carboxylic acids is 1. The van der Waals surface area contributed by atoms with E-state index in [4.69, 9.17) is 4.74 Å². The predicted molar refractivity (Wildman–Crippen MR) is 74.3 cm³/mol. The van der Waals surface area contributed by atoms with Crippen LogP contribution < -0.4 is 10.4 Å². The van der Waals surface area contributed by atoms with Gasteiger partial charge in [0, 0.05) is 17.6 Å². The van der Waals surface area contributed by atoms with Crippen molar-refractivity contribution >= 4 is 17.6 Å². The number of carbonyl (C=O) groups excluding carboxylic acids is 2. The number of carbonyl (C=O) groups is 2. The minimum absolute atomic E-state index is 0.338. The van der Waals surface area contributed by atoms with Crippen LogP contribution in [-0.4, -0.2) is 24.1 Å². The first kappa shape index (κ1) is 13.8. The Kier molecular flexibility index (Phi) is 3.29.